The van der Waals surface area contributed by atoms with Crippen molar-refractivity contribution in [2.24, 2.45) is 0 Å². The Kier molecular flexibility index (Phi) is 12.6. The van der Waals surface area contributed by atoms with Crippen molar-refractivity contribution in [3.63, 3.8) is 0 Å². The van der Waals surface area contributed by atoms with Gasteiger partial charge in [-0.25, -0.2) is 0 Å². The van der Waals surface area contributed by atoms with Crippen LogP contribution in [0.2, 0.25) is 0 Å². The number of carboxylic acids is 2. The molecule has 256 valence electrons. The number of piperidine rings is 1. The van der Waals surface area contributed by atoms with E-state index in [0.29, 0.717) is 48.0 Å². The van der Waals surface area contributed by atoms with E-state index in [1.54, 1.807) is 0 Å². The summed E-state index contributed by atoms with van der Waals surface area (Å²) < 4.78 is 23.2. The highest BCUT2D eigenvalue weighted by Gasteiger charge is 2.21. The molecule has 3 aromatic rings. The Morgan fingerprint density at radius 1 is 0.708 bits per heavy atom. The summed E-state index contributed by atoms with van der Waals surface area (Å²) in [5, 5.41) is 18.2. The predicted octanol–water partition coefficient (Wildman–Crippen LogP) is 7.15. The van der Waals surface area contributed by atoms with Crippen molar-refractivity contribution in [2.75, 3.05) is 33.1 Å². The Hall–Kier alpha value is -4.73. The molecule has 48 heavy (non-hydrogen) atoms. The van der Waals surface area contributed by atoms with E-state index in [4.69, 9.17) is 24.1 Å². The van der Waals surface area contributed by atoms with Crippen molar-refractivity contribution in [3.8, 4) is 34.1 Å². The lowest BCUT2D eigenvalue weighted by Gasteiger charge is -2.27. The quantitative estimate of drug-likeness (QED) is 0.137. The lowest BCUT2D eigenvalue weighted by atomic mass is 9.97. The Morgan fingerprint density at radius 2 is 1.48 bits per heavy atom. The first-order valence-electron chi connectivity index (χ1n) is 17.0. The number of carbonyl (C=O) groups is 3. The molecular formula is C38H45NO9. The van der Waals surface area contributed by atoms with Crippen molar-refractivity contribution in [2.45, 2.75) is 77.0 Å². The molecule has 0 saturated carbocycles. The second-order valence-corrected chi connectivity index (χ2v) is 12.3. The summed E-state index contributed by atoms with van der Waals surface area (Å²) in [5.74, 6) is 0.979. The lowest BCUT2D eigenvalue weighted by molar-refractivity contribution is -0.138. The van der Waals surface area contributed by atoms with Crippen molar-refractivity contribution in [1.82, 2.24) is 4.90 Å². The van der Waals surface area contributed by atoms with Crippen LogP contribution in [0.25, 0.3) is 11.1 Å². The normalized spacial score (nSPS) is 13.7. The maximum atomic E-state index is 13.5. The van der Waals surface area contributed by atoms with E-state index in [0.717, 1.165) is 86.7 Å². The van der Waals surface area contributed by atoms with E-state index in [1.165, 1.54) is 0 Å². The van der Waals surface area contributed by atoms with Crippen LogP contribution in [0, 0.1) is 0 Å². The van der Waals surface area contributed by atoms with Crippen LogP contribution in [-0.2, 0) is 22.4 Å². The van der Waals surface area contributed by atoms with Gasteiger partial charge in [0.05, 0.1) is 13.2 Å². The number of aliphatic carboxylic acids is 2. The van der Waals surface area contributed by atoms with Crippen molar-refractivity contribution in [3.05, 3.63) is 71.3 Å². The summed E-state index contributed by atoms with van der Waals surface area (Å²) in [6.45, 7) is 2.53. The fourth-order valence-electron chi connectivity index (χ4n) is 6.19. The Labute approximate surface area is 281 Å². The van der Waals surface area contributed by atoms with E-state index in [-0.39, 0.29) is 32.1 Å². The Balaban J connectivity index is 1.16. The van der Waals surface area contributed by atoms with Gasteiger partial charge in [-0.2, -0.15) is 0 Å². The monoisotopic (exact) mass is 659 g/mol. The number of unbranched alkanes of at least 4 members (excludes halogenated alkanes) is 3. The van der Waals surface area contributed by atoms with Crippen LogP contribution in [0.15, 0.2) is 54.6 Å². The molecule has 1 amide bonds. The van der Waals surface area contributed by atoms with Gasteiger partial charge in [-0.3, -0.25) is 14.4 Å². The summed E-state index contributed by atoms with van der Waals surface area (Å²) in [5.41, 5.74) is 4.38. The minimum atomic E-state index is -0.869. The number of aryl methyl sites for hydroxylation is 1. The van der Waals surface area contributed by atoms with E-state index >= 15 is 0 Å². The Morgan fingerprint density at radius 3 is 2.29 bits per heavy atom. The van der Waals surface area contributed by atoms with Crippen molar-refractivity contribution < 1.29 is 43.5 Å². The van der Waals surface area contributed by atoms with Crippen LogP contribution in [-0.4, -0.2) is 66.1 Å². The minimum absolute atomic E-state index is 0.00104. The maximum absolute atomic E-state index is 13.5. The molecule has 0 radical (unpaired) electrons. The fraction of sp³-hybridized carbons (Fsp3) is 0.447. The smallest absolute Gasteiger partial charge is 0.303 e. The summed E-state index contributed by atoms with van der Waals surface area (Å²) in [4.78, 5) is 37.5. The van der Waals surface area contributed by atoms with Gasteiger partial charge in [-0.1, -0.05) is 31.0 Å². The van der Waals surface area contributed by atoms with E-state index in [1.807, 2.05) is 59.5 Å². The second-order valence-electron chi connectivity index (χ2n) is 12.3. The number of likely N-dealkylation sites (tertiary alicyclic amines) is 1. The molecule has 1 saturated heterocycles. The van der Waals surface area contributed by atoms with Gasteiger partial charge >= 0.3 is 11.9 Å². The molecule has 1 fully saturated rings. The molecule has 3 aromatic carbocycles. The number of hydrogen-bond donors (Lipinski definition) is 2. The number of carboxylic acid groups (broad SMARTS) is 2. The molecule has 5 rings (SSSR count). The maximum Gasteiger partial charge on any atom is 0.303 e. The first-order valence-corrected chi connectivity index (χ1v) is 17.0. The van der Waals surface area contributed by atoms with Gasteiger partial charge in [0.25, 0.3) is 5.91 Å². The molecule has 2 N–H and O–H groups in total. The topological polar surface area (TPSA) is 132 Å². The molecule has 2 aliphatic heterocycles. The number of hydrogen-bond acceptors (Lipinski definition) is 7. The first-order chi connectivity index (χ1) is 23.4. The number of carbonyl (C=O) groups excluding carboxylic acids is 1. The third-order valence-corrected chi connectivity index (χ3v) is 8.72. The number of fused-ring (bicyclic) bond motifs is 1. The number of benzene rings is 3. The Bertz CT molecular complexity index is 1560. The van der Waals surface area contributed by atoms with Gasteiger partial charge in [0.1, 0.15) is 11.5 Å². The minimum Gasteiger partial charge on any atom is -0.494 e. The summed E-state index contributed by atoms with van der Waals surface area (Å²) in [6, 6.07) is 17.3. The molecule has 2 heterocycles. The highest BCUT2D eigenvalue weighted by molar-refractivity contribution is 5.96. The van der Waals surface area contributed by atoms with E-state index < -0.39 is 11.9 Å². The fourth-order valence-corrected chi connectivity index (χ4v) is 6.19. The predicted molar refractivity (Wildman–Crippen MR) is 180 cm³/mol. The third kappa shape index (κ3) is 9.89. The van der Waals surface area contributed by atoms with Crippen molar-refractivity contribution >= 4 is 17.8 Å². The van der Waals surface area contributed by atoms with Crippen LogP contribution in [0.5, 0.6) is 23.0 Å². The average molecular weight is 660 g/mol. The zero-order valence-electron chi connectivity index (χ0n) is 27.4. The van der Waals surface area contributed by atoms with Gasteiger partial charge in [-0.15, -0.1) is 0 Å². The van der Waals surface area contributed by atoms with Crippen LogP contribution in [0.3, 0.4) is 0 Å². The molecule has 10 heteroatoms. The summed E-state index contributed by atoms with van der Waals surface area (Å²) in [6.07, 6.45) is 8.47. The van der Waals surface area contributed by atoms with Crippen LogP contribution in [0.4, 0.5) is 0 Å². The second kappa shape index (κ2) is 17.4. The molecule has 0 atom stereocenters. The number of amides is 1. The zero-order chi connectivity index (χ0) is 33.7. The molecule has 0 unspecified atom stereocenters. The number of nitrogens with zero attached hydrogens (tertiary/aromatic N) is 1. The van der Waals surface area contributed by atoms with Gasteiger partial charge in [0.15, 0.2) is 11.5 Å². The third-order valence-electron chi connectivity index (χ3n) is 8.72. The summed E-state index contributed by atoms with van der Waals surface area (Å²) in [7, 11) is 0. The SMILES string of the molecule is O=C(O)CCCOc1cccc(CCCCCCOc2cc(C(=O)N3CCCCC3)cc(-c3ccc4c(c3)OCO4)c2)c1CCC(=O)O. The first kappa shape index (κ1) is 34.6. The van der Waals surface area contributed by atoms with Gasteiger partial charge in [-0.05, 0) is 110 Å². The zero-order valence-corrected chi connectivity index (χ0v) is 27.4. The van der Waals surface area contributed by atoms with Gasteiger partial charge in [0, 0.05) is 31.5 Å². The highest BCUT2D eigenvalue weighted by Crippen LogP contribution is 2.37. The summed E-state index contributed by atoms with van der Waals surface area (Å²) >= 11 is 0. The largest absolute Gasteiger partial charge is 0.494 e. The van der Waals surface area contributed by atoms with E-state index in [9.17, 15) is 19.5 Å². The standard InChI is InChI=1S/C38H45NO9/c40-36(41)13-9-21-46-33-12-8-11-27(32(33)15-17-37(42)43)10-4-1-2-7-20-45-31-23-29(28-14-16-34-35(25-28)48-26-47-34)22-30(24-31)38(44)39-18-5-3-6-19-39/h8,11-12,14,16,22-25H,1-7,9-10,13,15,17-21,26H2,(H,40,41)(H,42,43). The number of ether oxygens (including phenoxy) is 4. The van der Waals surface area contributed by atoms with Gasteiger partial charge < -0.3 is 34.1 Å². The van der Waals surface area contributed by atoms with Gasteiger partial charge in [0.2, 0.25) is 6.79 Å². The molecule has 10 nitrogen and oxygen atoms in total. The number of rotatable bonds is 18. The molecule has 0 aliphatic carbocycles. The molecule has 2 aliphatic rings. The van der Waals surface area contributed by atoms with Crippen LogP contribution in [0.1, 0.15) is 85.7 Å². The highest BCUT2D eigenvalue weighted by atomic mass is 16.7. The van der Waals surface area contributed by atoms with Crippen LogP contribution < -0.4 is 18.9 Å². The lowest BCUT2D eigenvalue weighted by Crippen LogP contribution is -2.35. The van der Waals surface area contributed by atoms with E-state index in [2.05, 4.69) is 0 Å². The van der Waals surface area contributed by atoms with Crippen LogP contribution >= 0.6 is 0 Å². The average Bonchev–Trinajstić information content (AvgIpc) is 3.57. The molecule has 0 spiro atoms. The molecular weight excluding hydrogens is 614 g/mol. The molecule has 0 bridgehead atoms. The van der Waals surface area contributed by atoms with Crippen molar-refractivity contribution in [1.29, 1.82) is 0 Å². The molecule has 0 aromatic heterocycles.